The fourth-order valence-corrected chi connectivity index (χ4v) is 1.62. The van der Waals surface area contributed by atoms with Gasteiger partial charge in [0, 0.05) is 6.20 Å². The standard InChI is InChI=1S/C7H3BrClF2NO2/c8-2-1-12-4(7(10)11)5(13)3(2)6(9)14/h1,7,13H. The third-order valence-electron chi connectivity index (χ3n) is 1.44. The second kappa shape index (κ2) is 4.18. The molecule has 3 nitrogen and oxygen atoms in total. The average molecular weight is 286 g/mol. The molecule has 0 aromatic carbocycles. The lowest BCUT2D eigenvalue weighted by atomic mass is 10.2. The summed E-state index contributed by atoms with van der Waals surface area (Å²) in [6, 6.07) is 0. The molecule has 0 saturated heterocycles. The Morgan fingerprint density at radius 1 is 1.64 bits per heavy atom. The minimum atomic E-state index is -2.96. The van der Waals surface area contributed by atoms with Gasteiger partial charge in [-0.05, 0) is 27.5 Å². The van der Waals surface area contributed by atoms with E-state index in [4.69, 9.17) is 11.6 Å². The van der Waals surface area contributed by atoms with Crippen LogP contribution in [0.5, 0.6) is 5.75 Å². The lowest BCUT2D eigenvalue weighted by molar-refractivity contribution is 0.107. The Morgan fingerprint density at radius 3 is 2.64 bits per heavy atom. The van der Waals surface area contributed by atoms with Crippen molar-refractivity contribution < 1.29 is 18.7 Å². The summed E-state index contributed by atoms with van der Waals surface area (Å²) < 4.78 is 24.5. The zero-order valence-corrected chi connectivity index (χ0v) is 8.81. The summed E-state index contributed by atoms with van der Waals surface area (Å²) in [5.74, 6) is -0.894. The van der Waals surface area contributed by atoms with Gasteiger partial charge in [0.25, 0.3) is 11.7 Å². The minimum absolute atomic E-state index is 0.0689. The van der Waals surface area contributed by atoms with Gasteiger partial charge in [0.2, 0.25) is 0 Å². The molecule has 1 N–H and O–H groups in total. The number of aromatic hydroxyl groups is 1. The van der Waals surface area contributed by atoms with Gasteiger partial charge in [-0.3, -0.25) is 9.78 Å². The third-order valence-corrected chi connectivity index (χ3v) is 2.23. The van der Waals surface area contributed by atoms with Crippen LogP contribution in [0.1, 0.15) is 22.5 Å². The van der Waals surface area contributed by atoms with Crippen molar-refractivity contribution in [3.63, 3.8) is 0 Å². The fourth-order valence-electron chi connectivity index (χ4n) is 0.840. The normalized spacial score (nSPS) is 10.6. The maximum atomic E-state index is 12.2. The molecule has 1 rings (SSSR count). The first-order chi connectivity index (χ1) is 6.45. The Labute approximate surface area is 90.8 Å². The first kappa shape index (κ1) is 11.3. The van der Waals surface area contributed by atoms with E-state index in [2.05, 4.69) is 20.9 Å². The molecule has 0 aliphatic rings. The van der Waals surface area contributed by atoms with E-state index < -0.39 is 28.7 Å². The SMILES string of the molecule is O=C(Cl)c1c(Br)cnc(C(F)F)c1O. The number of hydrogen-bond donors (Lipinski definition) is 1. The molecule has 1 aromatic rings. The summed E-state index contributed by atoms with van der Waals surface area (Å²) >= 11 is 7.95. The molecule has 0 saturated carbocycles. The molecule has 0 aliphatic carbocycles. The van der Waals surface area contributed by atoms with Crippen molar-refractivity contribution in [2.45, 2.75) is 6.43 Å². The van der Waals surface area contributed by atoms with Crippen molar-refractivity contribution >= 4 is 32.8 Å². The summed E-state index contributed by atoms with van der Waals surface area (Å²) in [5.41, 5.74) is -1.27. The Kier molecular flexibility index (Phi) is 3.38. The van der Waals surface area contributed by atoms with Crippen LogP contribution in [0, 0.1) is 0 Å². The predicted molar refractivity (Wildman–Crippen MR) is 48.7 cm³/mol. The summed E-state index contributed by atoms with van der Waals surface area (Å²) in [4.78, 5) is 14.0. The van der Waals surface area contributed by atoms with Crippen molar-refractivity contribution in [3.05, 3.63) is 21.9 Å². The molecule has 0 bridgehead atoms. The highest BCUT2D eigenvalue weighted by molar-refractivity contribution is 9.10. The van der Waals surface area contributed by atoms with Crippen LogP contribution in [0.3, 0.4) is 0 Å². The summed E-state index contributed by atoms with van der Waals surface area (Å²) in [6.45, 7) is 0. The maximum absolute atomic E-state index is 12.2. The Bertz CT molecular complexity index is 386. The van der Waals surface area contributed by atoms with Crippen LogP contribution in [-0.2, 0) is 0 Å². The van der Waals surface area contributed by atoms with Crippen LogP contribution < -0.4 is 0 Å². The van der Waals surface area contributed by atoms with Crippen LogP contribution in [0.2, 0.25) is 0 Å². The number of hydrogen-bond acceptors (Lipinski definition) is 3. The lowest BCUT2D eigenvalue weighted by Crippen LogP contribution is -1.99. The van der Waals surface area contributed by atoms with Crippen molar-refractivity contribution in [2.24, 2.45) is 0 Å². The molecule has 76 valence electrons. The molecule has 0 fully saturated rings. The second-order valence-corrected chi connectivity index (χ2v) is 3.49. The lowest BCUT2D eigenvalue weighted by Gasteiger charge is -2.06. The first-order valence-corrected chi connectivity index (χ1v) is 4.47. The fraction of sp³-hybridized carbons (Fsp3) is 0.143. The van der Waals surface area contributed by atoms with E-state index in [0.29, 0.717) is 0 Å². The molecule has 1 heterocycles. The van der Waals surface area contributed by atoms with Crippen molar-refractivity contribution in [3.8, 4) is 5.75 Å². The van der Waals surface area contributed by atoms with Gasteiger partial charge in [0.1, 0.15) is 5.69 Å². The van der Waals surface area contributed by atoms with Crippen LogP contribution in [0.25, 0.3) is 0 Å². The number of pyridine rings is 1. The second-order valence-electron chi connectivity index (χ2n) is 2.29. The number of carbonyl (C=O) groups excluding carboxylic acids is 1. The van der Waals surface area contributed by atoms with Crippen molar-refractivity contribution in [2.75, 3.05) is 0 Å². The Morgan fingerprint density at radius 2 is 2.21 bits per heavy atom. The summed E-state index contributed by atoms with van der Waals surface area (Å²) in [5, 5.41) is 8.20. The van der Waals surface area contributed by atoms with Gasteiger partial charge >= 0.3 is 0 Å². The minimum Gasteiger partial charge on any atom is -0.505 e. The molecule has 0 amide bonds. The highest BCUT2D eigenvalue weighted by atomic mass is 79.9. The van der Waals surface area contributed by atoms with E-state index in [9.17, 15) is 18.7 Å². The number of halogens is 4. The van der Waals surface area contributed by atoms with E-state index in [1.165, 1.54) is 0 Å². The molecule has 0 atom stereocenters. The molecule has 0 aliphatic heterocycles. The van der Waals surface area contributed by atoms with E-state index in [-0.39, 0.29) is 4.47 Å². The van der Waals surface area contributed by atoms with E-state index in [1.54, 1.807) is 0 Å². The number of rotatable bonds is 2. The van der Waals surface area contributed by atoms with Crippen LogP contribution in [0.4, 0.5) is 8.78 Å². The molecular formula is C7H3BrClF2NO2. The maximum Gasteiger partial charge on any atom is 0.284 e. The molecule has 7 heteroatoms. The number of aromatic nitrogens is 1. The molecular weight excluding hydrogens is 283 g/mol. The highest BCUT2D eigenvalue weighted by Crippen LogP contribution is 2.34. The zero-order valence-electron chi connectivity index (χ0n) is 6.47. The number of alkyl halides is 2. The highest BCUT2D eigenvalue weighted by Gasteiger charge is 2.22. The largest absolute Gasteiger partial charge is 0.505 e. The zero-order chi connectivity index (χ0) is 10.9. The Balaban J connectivity index is 3.41. The Hall–Kier alpha value is -0.750. The smallest absolute Gasteiger partial charge is 0.284 e. The van der Waals surface area contributed by atoms with Crippen LogP contribution >= 0.6 is 27.5 Å². The van der Waals surface area contributed by atoms with Crippen LogP contribution in [-0.4, -0.2) is 15.3 Å². The van der Waals surface area contributed by atoms with Gasteiger partial charge in [-0.25, -0.2) is 8.78 Å². The molecule has 1 aromatic heterocycles. The number of nitrogens with zero attached hydrogens (tertiary/aromatic N) is 1. The van der Waals surface area contributed by atoms with Crippen molar-refractivity contribution in [1.82, 2.24) is 4.98 Å². The van der Waals surface area contributed by atoms with E-state index in [0.717, 1.165) is 6.20 Å². The van der Waals surface area contributed by atoms with Gasteiger partial charge in [-0.2, -0.15) is 0 Å². The van der Waals surface area contributed by atoms with E-state index in [1.807, 2.05) is 0 Å². The summed E-state index contributed by atoms with van der Waals surface area (Å²) in [6.07, 6.45) is -1.98. The number of carbonyl (C=O) groups is 1. The van der Waals surface area contributed by atoms with Gasteiger partial charge in [0.15, 0.2) is 5.75 Å². The molecule has 0 unspecified atom stereocenters. The van der Waals surface area contributed by atoms with Gasteiger partial charge in [-0.15, -0.1) is 0 Å². The molecule has 0 spiro atoms. The van der Waals surface area contributed by atoms with Crippen molar-refractivity contribution in [1.29, 1.82) is 0 Å². The van der Waals surface area contributed by atoms with Gasteiger partial charge < -0.3 is 5.11 Å². The third kappa shape index (κ3) is 2.01. The van der Waals surface area contributed by atoms with Gasteiger partial charge in [0.05, 0.1) is 10.0 Å². The topological polar surface area (TPSA) is 50.2 Å². The first-order valence-electron chi connectivity index (χ1n) is 3.30. The monoisotopic (exact) mass is 285 g/mol. The molecule has 14 heavy (non-hydrogen) atoms. The van der Waals surface area contributed by atoms with E-state index >= 15 is 0 Å². The average Bonchev–Trinajstić information content (AvgIpc) is 2.02. The van der Waals surface area contributed by atoms with Crippen LogP contribution in [0.15, 0.2) is 10.7 Å². The quantitative estimate of drug-likeness (QED) is 0.851. The predicted octanol–water partition coefficient (Wildman–Crippen LogP) is 2.87. The van der Waals surface area contributed by atoms with Gasteiger partial charge in [-0.1, -0.05) is 0 Å². The summed E-state index contributed by atoms with van der Waals surface area (Å²) in [7, 11) is 0. The molecule has 0 radical (unpaired) electrons.